The van der Waals surface area contributed by atoms with Gasteiger partial charge in [-0.1, -0.05) is 19.1 Å². The summed E-state index contributed by atoms with van der Waals surface area (Å²) in [5.74, 6) is 1.06. The Morgan fingerprint density at radius 3 is 3.20 bits per heavy atom. The zero-order valence-electron chi connectivity index (χ0n) is 11.8. The first-order valence-corrected chi connectivity index (χ1v) is 8.17. The molecular formula is C16H20N2OS. The molecule has 1 aliphatic heterocycles. The first-order chi connectivity index (χ1) is 9.86. The van der Waals surface area contributed by atoms with Gasteiger partial charge in [-0.15, -0.1) is 11.3 Å². The molecule has 1 N–H and O–H groups in total. The fourth-order valence-corrected chi connectivity index (χ4v) is 3.25. The van der Waals surface area contributed by atoms with Gasteiger partial charge in [0.15, 0.2) is 0 Å². The lowest BCUT2D eigenvalue weighted by Gasteiger charge is -2.18. The molecule has 0 bridgehead atoms. The Morgan fingerprint density at radius 1 is 1.45 bits per heavy atom. The van der Waals surface area contributed by atoms with Crippen LogP contribution in [0.2, 0.25) is 0 Å². The highest BCUT2D eigenvalue weighted by Crippen LogP contribution is 2.29. The molecule has 0 aliphatic carbocycles. The van der Waals surface area contributed by atoms with Gasteiger partial charge in [0.1, 0.15) is 5.75 Å². The minimum atomic E-state index is 0.416. The molecule has 0 amide bonds. The fourth-order valence-electron chi connectivity index (χ4n) is 2.66. The van der Waals surface area contributed by atoms with E-state index < -0.39 is 0 Å². The molecule has 20 heavy (non-hydrogen) atoms. The van der Waals surface area contributed by atoms with E-state index in [0.717, 1.165) is 38.2 Å². The summed E-state index contributed by atoms with van der Waals surface area (Å²) in [6, 6.07) is 7.02. The van der Waals surface area contributed by atoms with Crippen LogP contribution in [-0.2, 0) is 12.8 Å². The maximum absolute atomic E-state index is 5.57. The van der Waals surface area contributed by atoms with Gasteiger partial charge in [-0.2, -0.15) is 0 Å². The van der Waals surface area contributed by atoms with E-state index in [9.17, 15) is 0 Å². The number of nitrogens with one attached hydrogen (secondary N) is 1. The van der Waals surface area contributed by atoms with E-state index in [1.54, 1.807) is 11.3 Å². The van der Waals surface area contributed by atoms with E-state index in [2.05, 4.69) is 40.8 Å². The molecule has 0 radical (unpaired) electrons. The van der Waals surface area contributed by atoms with Crippen molar-refractivity contribution in [1.29, 1.82) is 0 Å². The van der Waals surface area contributed by atoms with Crippen LogP contribution in [0.3, 0.4) is 0 Å². The largest absolute Gasteiger partial charge is 0.493 e. The second-order valence-corrected chi connectivity index (χ2v) is 5.83. The summed E-state index contributed by atoms with van der Waals surface area (Å²) in [7, 11) is 0. The number of aromatic nitrogens is 1. The summed E-state index contributed by atoms with van der Waals surface area (Å²) in [6.07, 6.45) is 3.13. The summed E-state index contributed by atoms with van der Waals surface area (Å²) in [4.78, 5) is 4.32. The van der Waals surface area contributed by atoms with Crippen LogP contribution in [0.4, 0.5) is 0 Å². The summed E-state index contributed by atoms with van der Waals surface area (Å²) < 4.78 is 5.57. The zero-order valence-corrected chi connectivity index (χ0v) is 12.6. The molecule has 1 aliphatic rings. The van der Waals surface area contributed by atoms with E-state index in [1.807, 2.05) is 5.51 Å². The van der Waals surface area contributed by atoms with E-state index in [4.69, 9.17) is 4.74 Å². The topological polar surface area (TPSA) is 34.2 Å². The lowest BCUT2D eigenvalue weighted by Crippen LogP contribution is -2.23. The van der Waals surface area contributed by atoms with Gasteiger partial charge >= 0.3 is 0 Å². The molecule has 1 aromatic carbocycles. The molecule has 2 aromatic rings. The Labute approximate surface area is 124 Å². The Hall–Kier alpha value is -1.39. The predicted molar refractivity (Wildman–Crippen MR) is 82.5 cm³/mol. The molecule has 0 saturated heterocycles. The highest BCUT2D eigenvalue weighted by Gasteiger charge is 2.15. The summed E-state index contributed by atoms with van der Waals surface area (Å²) in [6.45, 7) is 4.02. The summed E-state index contributed by atoms with van der Waals surface area (Å²) in [5.41, 5.74) is 5.80. The van der Waals surface area contributed by atoms with Gasteiger partial charge in [0.2, 0.25) is 0 Å². The number of benzene rings is 1. The molecule has 3 nitrogen and oxygen atoms in total. The van der Waals surface area contributed by atoms with Gasteiger partial charge in [-0.25, -0.2) is 4.98 Å². The number of fused-ring (bicyclic) bond motifs is 1. The van der Waals surface area contributed by atoms with Crippen molar-refractivity contribution in [3.63, 3.8) is 0 Å². The SMILES string of the molecule is CCC(NCCc1cscn1)c1ccc2c(c1)CCO2. The van der Waals surface area contributed by atoms with Crippen LogP contribution in [0.15, 0.2) is 29.1 Å². The van der Waals surface area contributed by atoms with Gasteiger partial charge in [-0.05, 0) is 23.6 Å². The molecular weight excluding hydrogens is 268 g/mol. The van der Waals surface area contributed by atoms with E-state index in [-0.39, 0.29) is 0 Å². The fraction of sp³-hybridized carbons (Fsp3) is 0.438. The Balaban J connectivity index is 1.61. The summed E-state index contributed by atoms with van der Waals surface area (Å²) >= 11 is 1.66. The third-order valence-corrected chi connectivity index (χ3v) is 4.41. The van der Waals surface area contributed by atoms with Crippen LogP contribution < -0.4 is 10.1 Å². The standard InChI is InChI=1S/C16H20N2OS/c1-2-15(17-7-5-14-10-20-11-18-14)12-3-4-16-13(9-12)6-8-19-16/h3-4,9-11,15,17H,2,5-8H2,1H3. The normalized spacial score (nSPS) is 14.8. The molecule has 0 saturated carbocycles. The van der Waals surface area contributed by atoms with Crippen molar-refractivity contribution in [2.75, 3.05) is 13.2 Å². The number of nitrogens with zero attached hydrogens (tertiary/aromatic N) is 1. The molecule has 1 aromatic heterocycles. The summed E-state index contributed by atoms with van der Waals surface area (Å²) in [5, 5.41) is 5.76. The monoisotopic (exact) mass is 288 g/mol. The highest BCUT2D eigenvalue weighted by molar-refractivity contribution is 7.07. The third-order valence-electron chi connectivity index (χ3n) is 3.78. The second-order valence-electron chi connectivity index (χ2n) is 5.11. The molecule has 4 heteroatoms. The molecule has 0 spiro atoms. The average molecular weight is 288 g/mol. The van der Waals surface area contributed by atoms with E-state index >= 15 is 0 Å². The number of ether oxygens (including phenoxy) is 1. The molecule has 0 fully saturated rings. The lowest BCUT2D eigenvalue weighted by molar-refractivity contribution is 0.356. The minimum absolute atomic E-state index is 0.416. The minimum Gasteiger partial charge on any atom is -0.493 e. The van der Waals surface area contributed by atoms with Gasteiger partial charge in [0.05, 0.1) is 17.8 Å². The van der Waals surface area contributed by atoms with Crippen molar-refractivity contribution < 1.29 is 4.74 Å². The Bertz CT molecular complexity index is 554. The lowest BCUT2D eigenvalue weighted by atomic mass is 10.0. The van der Waals surface area contributed by atoms with Crippen molar-refractivity contribution in [3.05, 3.63) is 45.9 Å². The first kappa shape index (κ1) is 13.6. The first-order valence-electron chi connectivity index (χ1n) is 7.23. The highest BCUT2D eigenvalue weighted by atomic mass is 32.1. The molecule has 106 valence electrons. The van der Waals surface area contributed by atoms with Crippen LogP contribution in [-0.4, -0.2) is 18.1 Å². The van der Waals surface area contributed by atoms with Crippen LogP contribution in [0.5, 0.6) is 5.75 Å². The quantitative estimate of drug-likeness (QED) is 0.885. The average Bonchev–Trinajstić information content (AvgIpc) is 3.13. The van der Waals surface area contributed by atoms with Gasteiger partial charge in [0.25, 0.3) is 0 Å². The van der Waals surface area contributed by atoms with Crippen LogP contribution >= 0.6 is 11.3 Å². The number of hydrogen-bond acceptors (Lipinski definition) is 4. The maximum atomic E-state index is 5.57. The smallest absolute Gasteiger partial charge is 0.122 e. The zero-order chi connectivity index (χ0) is 13.8. The van der Waals surface area contributed by atoms with Crippen molar-refractivity contribution in [2.24, 2.45) is 0 Å². The molecule has 1 atom stereocenters. The van der Waals surface area contributed by atoms with E-state index in [0.29, 0.717) is 6.04 Å². The second kappa shape index (κ2) is 6.37. The molecule has 2 heterocycles. The molecule has 1 unspecified atom stereocenters. The third kappa shape index (κ3) is 3.02. The number of thiazole rings is 1. The van der Waals surface area contributed by atoms with Crippen molar-refractivity contribution in [3.8, 4) is 5.75 Å². The Morgan fingerprint density at radius 2 is 2.40 bits per heavy atom. The maximum Gasteiger partial charge on any atom is 0.122 e. The van der Waals surface area contributed by atoms with Crippen molar-refractivity contribution in [2.45, 2.75) is 32.2 Å². The van der Waals surface area contributed by atoms with Crippen molar-refractivity contribution in [1.82, 2.24) is 10.3 Å². The number of hydrogen-bond donors (Lipinski definition) is 1. The van der Waals surface area contributed by atoms with Crippen LogP contribution in [0, 0.1) is 0 Å². The predicted octanol–water partition coefficient (Wildman–Crippen LogP) is 3.36. The van der Waals surface area contributed by atoms with Crippen LogP contribution in [0.1, 0.15) is 36.2 Å². The van der Waals surface area contributed by atoms with Gasteiger partial charge < -0.3 is 10.1 Å². The Kier molecular flexibility index (Phi) is 4.33. The van der Waals surface area contributed by atoms with Crippen LogP contribution in [0.25, 0.3) is 0 Å². The van der Waals surface area contributed by atoms with Gasteiger partial charge in [0, 0.05) is 30.8 Å². The number of rotatable bonds is 6. The van der Waals surface area contributed by atoms with Crippen molar-refractivity contribution >= 4 is 11.3 Å². The van der Waals surface area contributed by atoms with Gasteiger partial charge in [-0.3, -0.25) is 0 Å². The van der Waals surface area contributed by atoms with E-state index in [1.165, 1.54) is 16.8 Å². The molecule has 3 rings (SSSR count).